The number of rotatable bonds is 10. The van der Waals surface area contributed by atoms with Crippen molar-refractivity contribution in [1.82, 2.24) is 4.98 Å². The van der Waals surface area contributed by atoms with Crippen LogP contribution in [0.25, 0.3) is 16.8 Å². The van der Waals surface area contributed by atoms with Gasteiger partial charge in [-0.15, -0.1) is 11.3 Å². The monoisotopic (exact) mass is 509 g/mol. The lowest BCUT2D eigenvalue weighted by Crippen LogP contribution is -2.09. The highest BCUT2D eigenvalue weighted by Crippen LogP contribution is 2.28. The van der Waals surface area contributed by atoms with Gasteiger partial charge in [0.15, 0.2) is 0 Å². The molecule has 0 aliphatic carbocycles. The number of hydrogen-bond acceptors (Lipinski definition) is 6. The van der Waals surface area contributed by atoms with Crippen LogP contribution in [-0.2, 0) is 4.74 Å². The first-order chi connectivity index (χ1) is 15.6. The van der Waals surface area contributed by atoms with Gasteiger partial charge in [0.2, 0.25) is 0 Å². The van der Waals surface area contributed by atoms with Gasteiger partial charge in [0.05, 0.1) is 23.6 Å². The second-order valence-corrected chi connectivity index (χ2v) is 8.88. The van der Waals surface area contributed by atoms with Gasteiger partial charge in [-0.3, -0.25) is 0 Å². The van der Waals surface area contributed by atoms with E-state index in [1.54, 1.807) is 24.4 Å². The number of nitriles is 1. The van der Waals surface area contributed by atoms with Gasteiger partial charge in [-0.1, -0.05) is 66.4 Å². The molecule has 1 aromatic heterocycles. The molecule has 32 heavy (non-hydrogen) atoms. The van der Waals surface area contributed by atoms with Crippen LogP contribution >= 0.6 is 27.3 Å². The van der Waals surface area contributed by atoms with Gasteiger partial charge >= 0.3 is 5.97 Å². The summed E-state index contributed by atoms with van der Waals surface area (Å²) in [6, 6.07) is 17.2. The third-order valence-electron chi connectivity index (χ3n) is 4.73. The fraction of sp³-hybridized carbons (Fsp3) is 0.240. The Morgan fingerprint density at radius 2 is 2.06 bits per heavy atom. The Kier molecular flexibility index (Phi) is 9.02. The number of benzene rings is 2. The maximum absolute atomic E-state index is 12.5. The van der Waals surface area contributed by atoms with Gasteiger partial charge in [-0.25, -0.2) is 9.78 Å². The maximum Gasteiger partial charge on any atom is 0.340 e. The van der Waals surface area contributed by atoms with E-state index in [-0.39, 0.29) is 5.97 Å². The van der Waals surface area contributed by atoms with Crippen molar-refractivity contribution in [2.75, 3.05) is 11.9 Å². The van der Waals surface area contributed by atoms with Crippen molar-refractivity contribution in [2.45, 2.75) is 32.6 Å². The minimum absolute atomic E-state index is 0.373. The lowest BCUT2D eigenvalue weighted by Gasteiger charge is -2.09. The minimum atomic E-state index is -0.373. The summed E-state index contributed by atoms with van der Waals surface area (Å²) in [6.07, 6.45) is 5.76. The highest BCUT2D eigenvalue weighted by molar-refractivity contribution is 9.10. The maximum atomic E-state index is 12.5. The zero-order valence-corrected chi connectivity index (χ0v) is 20.2. The Morgan fingerprint density at radius 3 is 2.84 bits per heavy atom. The van der Waals surface area contributed by atoms with Crippen molar-refractivity contribution in [1.29, 1.82) is 5.26 Å². The van der Waals surface area contributed by atoms with Crippen molar-refractivity contribution in [3.8, 4) is 17.3 Å². The highest BCUT2D eigenvalue weighted by Gasteiger charge is 2.13. The number of esters is 1. The summed E-state index contributed by atoms with van der Waals surface area (Å²) >= 11 is 4.87. The second-order valence-electron chi connectivity index (χ2n) is 7.10. The number of para-hydroxylation sites is 1. The summed E-state index contributed by atoms with van der Waals surface area (Å²) in [5.74, 6) is -0.373. The molecule has 0 fully saturated rings. The molecule has 7 heteroatoms. The number of unbranched alkanes of at least 4 members (excludes halogenated alkanes) is 3. The van der Waals surface area contributed by atoms with E-state index in [1.807, 2.05) is 35.7 Å². The molecule has 1 N–H and O–H groups in total. The van der Waals surface area contributed by atoms with Crippen LogP contribution in [0.15, 0.2) is 64.6 Å². The second kappa shape index (κ2) is 12.2. The number of nitrogens with zero attached hydrogens (tertiary/aromatic N) is 2. The number of thiazole rings is 1. The topological polar surface area (TPSA) is 75.0 Å². The first-order valence-electron chi connectivity index (χ1n) is 10.5. The van der Waals surface area contributed by atoms with E-state index in [4.69, 9.17) is 4.74 Å². The molecule has 0 radical (unpaired) electrons. The van der Waals surface area contributed by atoms with Crippen LogP contribution in [0.5, 0.6) is 0 Å². The van der Waals surface area contributed by atoms with Crippen LogP contribution in [0.4, 0.5) is 5.69 Å². The summed E-state index contributed by atoms with van der Waals surface area (Å²) in [5, 5.41) is 15.3. The zero-order valence-electron chi connectivity index (χ0n) is 17.8. The average Bonchev–Trinajstić information content (AvgIpc) is 3.30. The Hall–Kier alpha value is -2.95. The third kappa shape index (κ3) is 6.52. The van der Waals surface area contributed by atoms with Crippen LogP contribution in [0, 0.1) is 11.3 Å². The Bertz CT molecular complexity index is 1130. The number of hydrogen-bond donors (Lipinski definition) is 1. The number of carbonyl (C=O) groups is 1. The highest BCUT2D eigenvalue weighted by atomic mass is 79.9. The number of nitrogens with one attached hydrogen (secondary N) is 1. The number of ether oxygens (including phenoxy) is 1. The first-order valence-corrected chi connectivity index (χ1v) is 12.1. The van der Waals surface area contributed by atoms with Gasteiger partial charge in [-0.05, 0) is 30.7 Å². The molecule has 0 saturated carbocycles. The number of halogens is 1. The molecule has 0 unspecified atom stereocenters. The SMILES string of the molecule is CCCCCCOC(=O)c1ccccc1NC=C(C#N)c1nc(-c2cccc(Br)c2)cs1. The lowest BCUT2D eigenvalue weighted by atomic mass is 10.1. The largest absolute Gasteiger partial charge is 0.462 e. The van der Waals surface area contributed by atoms with E-state index in [0.717, 1.165) is 41.4 Å². The number of carbonyl (C=O) groups excluding carboxylic acids is 1. The zero-order chi connectivity index (χ0) is 22.8. The Labute approximate surface area is 200 Å². The molecule has 0 amide bonds. The smallest absolute Gasteiger partial charge is 0.340 e. The van der Waals surface area contributed by atoms with Crippen LogP contribution in [-0.4, -0.2) is 17.6 Å². The summed E-state index contributed by atoms with van der Waals surface area (Å²) in [6.45, 7) is 2.55. The summed E-state index contributed by atoms with van der Waals surface area (Å²) in [4.78, 5) is 17.1. The van der Waals surface area contributed by atoms with E-state index >= 15 is 0 Å². The molecule has 2 aromatic carbocycles. The summed E-state index contributed by atoms with van der Waals surface area (Å²) in [5.41, 5.74) is 3.19. The molecule has 5 nitrogen and oxygen atoms in total. The van der Waals surface area contributed by atoms with Crippen molar-refractivity contribution in [2.24, 2.45) is 0 Å². The number of allylic oxidation sites excluding steroid dienone is 1. The lowest BCUT2D eigenvalue weighted by molar-refractivity contribution is 0.0499. The van der Waals surface area contributed by atoms with E-state index < -0.39 is 0 Å². The van der Waals surface area contributed by atoms with Crippen LogP contribution in [0.1, 0.15) is 48.0 Å². The average molecular weight is 510 g/mol. The molecular formula is C25H24BrN3O2S. The van der Waals surface area contributed by atoms with Crippen molar-refractivity contribution >= 4 is 44.5 Å². The van der Waals surface area contributed by atoms with Crippen molar-refractivity contribution in [3.63, 3.8) is 0 Å². The first kappa shape index (κ1) is 23.7. The summed E-state index contributed by atoms with van der Waals surface area (Å²) in [7, 11) is 0. The molecule has 1 heterocycles. The normalized spacial score (nSPS) is 11.1. The van der Waals surface area contributed by atoms with Crippen molar-refractivity contribution in [3.05, 3.63) is 75.2 Å². The molecule has 0 atom stereocenters. The number of anilines is 1. The van der Waals surface area contributed by atoms with Gasteiger partial charge in [0, 0.05) is 21.6 Å². The third-order valence-corrected chi connectivity index (χ3v) is 6.09. The quantitative estimate of drug-likeness (QED) is 0.176. The fourth-order valence-corrected chi connectivity index (χ4v) is 4.22. The van der Waals surface area contributed by atoms with Gasteiger partial charge in [-0.2, -0.15) is 5.26 Å². The predicted octanol–water partition coefficient (Wildman–Crippen LogP) is 7.29. The van der Waals surface area contributed by atoms with Crippen LogP contribution < -0.4 is 5.32 Å². The molecule has 0 bridgehead atoms. The van der Waals surface area contributed by atoms with Crippen LogP contribution in [0.3, 0.4) is 0 Å². The van der Waals surface area contributed by atoms with E-state index in [2.05, 4.69) is 39.2 Å². The standard InChI is InChI=1S/C25H24BrN3O2S/c1-2-3-4-7-13-31-25(30)21-11-5-6-12-22(21)28-16-19(15-27)24-29-23(17-32-24)18-9-8-10-20(26)14-18/h5-6,8-12,14,16-17,28H,2-4,7,13H2,1H3. The molecule has 164 valence electrons. The molecule has 0 spiro atoms. The van der Waals surface area contributed by atoms with Gasteiger partial charge in [0.1, 0.15) is 16.6 Å². The molecule has 0 saturated heterocycles. The fourth-order valence-electron chi connectivity index (χ4n) is 3.03. The van der Waals surface area contributed by atoms with E-state index in [0.29, 0.717) is 28.4 Å². The van der Waals surface area contributed by atoms with Crippen molar-refractivity contribution < 1.29 is 9.53 Å². The van der Waals surface area contributed by atoms with Gasteiger partial charge in [0.25, 0.3) is 0 Å². The van der Waals surface area contributed by atoms with Gasteiger partial charge < -0.3 is 10.1 Å². The Balaban J connectivity index is 1.71. The molecular weight excluding hydrogens is 486 g/mol. The van der Waals surface area contributed by atoms with E-state index in [1.165, 1.54) is 11.3 Å². The molecule has 0 aliphatic rings. The summed E-state index contributed by atoms with van der Waals surface area (Å²) < 4.78 is 6.38. The Morgan fingerprint density at radius 1 is 1.22 bits per heavy atom. The minimum Gasteiger partial charge on any atom is -0.462 e. The molecule has 0 aliphatic heterocycles. The molecule has 3 aromatic rings. The predicted molar refractivity (Wildman–Crippen MR) is 133 cm³/mol. The molecule has 3 rings (SSSR count). The van der Waals surface area contributed by atoms with Crippen LogP contribution in [0.2, 0.25) is 0 Å². The van der Waals surface area contributed by atoms with E-state index in [9.17, 15) is 10.1 Å². The number of aromatic nitrogens is 1.